The first kappa shape index (κ1) is 13.1. The molecule has 2 rings (SSSR count). The predicted molar refractivity (Wildman–Crippen MR) is 72.5 cm³/mol. The lowest BCUT2D eigenvalue weighted by molar-refractivity contribution is -0.142. The van der Waals surface area contributed by atoms with Crippen LogP contribution in [-0.2, 0) is 11.3 Å². The molecule has 1 aromatic carbocycles. The Morgan fingerprint density at radius 2 is 2.28 bits per heavy atom. The summed E-state index contributed by atoms with van der Waals surface area (Å²) >= 11 is 3.41. The molecule has 0 atom stereocenters. The quantitative estimate of drug-likeness (QED) is 0.861. The highest BCUT2D eigenvalue weighted by molar-refractivity contribution is 9.10. The minimum atomic E-state index is -0.749. The van der Waals surface area contributed by atoms with Gasteiger partial charge in [0.1, 0.15) is 5.41 Å². The van der Waals surface area contributed by atoms with Gasteiger partial charge in [-0.1, -0.05) is 28.1 Å². The molecule has 0 N–H and O–H groups in total. The van der Waals surface area contributed by atoms with E-state index < -0.39 is 5.41 Å². The lowest BCUT2D eigenvalue weighted by Crippen LogP contribution is -2.45. The number of benzene rings is 1. The number of hydrogen-bond acceptors (Lipinski definition) is 2. The molecule has 4 heteroatoms. The predicted octanol–water partition coefficient (Wildman–Crippen LogP) is 3.10. The third-order valence-electron chi connectivity index (χ3n) is 3.49. The number of rotatable bonds is 3. The number of carbonyl (C=O) groups excluding carboxylic acids is 1. The van der Waals surface area contributed by atoms with E-state index in [1.807, 2.05) is 24.3 Å². The average molecular weight is 307 g/mol. The number of nitriles is 1. The van der Waals surface area contributed by atoms with Crippen molar-refractivity contribution in [3.63, 3.8) is 0 Å². The highest BCUT2D eigenvalue weighted by Crippen LogP contribution is 2.41. The molecule has 1 aromatic rings. The van der Waals surface area contributed by atoms with Crippen LogP contribution in [-0.4, -0.2) is 17.9 Å². The molecule has 0 radical (unpaired) electrons. The summed E-state index contributed by atoms with van der Waals surface area (Å²) in [6.07, 6.45) is 2.38. The van der Waals surface area contributed by atoms with Gasteiger partial charge in [0.15, 0.2) is 0 Å². The topological polar surface area (TPSA) is 44.1 Å². The van der Waals surface area contributed by atoms with E-state index in [2.05, 4.69) is 22.0 Å². The molecule has 1 fully saturated rings. The molecule has 0 spiro atoms. The number of halogens is 1. The molecule has 0 bridgehead atoms. The van der Waals surface area contributed by atoms with Crippen molar-refractivity contribution < 1.29 is 4.79 Å². The zero-order valence-corrected chi connectivity index (χ0v) is 11.9. The Balaban J connectivity index is 2.06. The summed E-state index contributed by atoms with van der Waals surface area (Å²) in [7, 11) is 1.76. The van der Waals surface area contributed by atoms with Crippen molar-refractivity contribution >= 4 is 21.8 Å². The van der Waals surface area contributed by atoms with Crippen molar-refractivity contribution in [1.29, 1.82) is 5.26 Å². The first-order valence-corrected chi connectivity index (χ1v) is 6.78. The Labute approximate surface area is 116 Å². The average Bonchev–Trinajstić information content (AvgIpc) is 2.28. The summed E-state index contributed by atoms with van der Waals surface area (Å²) in [5.74, 6) is -0.0452. The van der Waals surface area contributed by atoms with E-state index in [9.17, 15) is 4.79 Å². The first-order valence-electron chi connectivity index (χ1n) is 5.99. The Bertz CT molecular complexity index is 503. The lowest BCUT2D eigenvalue weighted by Gasteiger charge is -2.36. The van der Waals surface area contributed by atoms with Crippen LogP contribution in [0, 0.1) is 16.7 Å². The van der Waals surface area contributed by atoms with Crippen LogP contribution in [0.15, 0.2) is 28.7 Å². The summed E-state index contributed by atoms with van der Waals surface area (Å²) in [5, 5.41) is 9.16. The summed E-state index contributed by atoms with van der Waals surface area (Å²) in [4.78, 5) is 13.9. The van der Waals surface area contributed by atoms with Crippen molar-refractivity contribution in [3.8, 4) is 6.07 Å². The molecule has 1 saturated carbocycles. The minimum Gasteiger partial charge on any atom is -0.340 e. The zero-order valence-electron chi connectivity index (χ0n) is 10.3. The number of amides is 1. The summed E-state index contributed by atoms with van der Waals surface area (Å²) in [6.45, 7) is 0.543. The normalized spacial score (nSPS) is 16.5. The minimum absolute atomic E-state index is 0.0452. The molecular weight excluding hydrogens is 292 g/mol. The third kappa shape index (κ3) is 2.41. The molecule has 1 aliphatic rings. The van der Waals surface area contributed by atoms with Gasteiger partial charge in [0.25, 0.3) is 0 Å². The van der Waals surface area contributed by atoms with Crippen LogP contribution in [0.2, 0.25) is 0 Å². The number of nitrogens with zero attached hydrogens (tertiary/aromatic N) is 2. The maximum absolute atomic E-state index is 12.3. The van der Waals surface area contributed by atoms with Crippen LogP contribution in [0.25, 0.3) is 0 Å². The van der Waals surface area contributed by atoms with Gasteiger partial charge < -0.3 is 4.90 Å². The highest BCUT2D eigenvalue weighted by Gasteiger charge is 2.46. The molecule has 18 heavy (non-hydrogen) atoms. The molecule has 1 amide bonds. The van der Waals surface area contributed by atoms with Crippen molar-refractivity contribution in [2.24, 2.45) is 5.41 Å². The van der Waals surface area contributed by atoms with Crippen molar-refractivity contribution in [1.82, 2.24) is 4.90 Å². The van der Waals surface area contributed by atoms with Gasteiger partial charge in [0, 0.05) is 18.1 Å². The summed E-state index contributed by atoms with van der Waals surface area (Å²) in [5.41, 5.74) is 0.313. The standard InChI is InChI=1S/C14H15BrN2O/c1-17(9-11-4-2-5-12(15)8-11)13(18)14(10-16)6-3-7-14/h2,4-5,8H,3,6-7,9H2,1H3. The van der Waals surface area contributed by atoms with E-state index in [0.717, 1.165) is 16.5 Å². The molecule has 0 saturated heterocycles. The maximum atomic E-state index is 12.3. The van der Waals surface area contributed by atoms with Crippen molar-refractivity contribution in [2.75, 3.05) is 7.05 Å². The molecule has 0 unspecified atom stereocenters. The Hall–Kier alpha value is -1.34. The van der Waals surface area contributed by atoms with Crippen LogP contribution in [0.3, 0.4) is 0 Å². The van der Waals surface area contributed by atoms with Gasteiger partial charge in [-0.3, -0.25) is 4.79 Å². The van der Waals surface area contributed by atoms with Gasteiger partial charge >= 0.3 is 0 Å². The van der Waals surface area contributed by atoms with Gasteiger partial charge in [0.2, 0.25) is 5.91 Å². The fourth-order valence-corrected chi connectivity index (χ4v) is 2.70. The van der Waals surface area contributed by atoms with Gasteiger partial charge in [-0.15, -0.1) is 0 Å². The van der Waals surface area contributed by atoms with E-state index in [0.29, 0.717) is 19.4 Å². The second-order valence-electron chi connectivity index (χ2n) is 4.84. The van der Waals surface area contributed by atoms with Gasteiger partial charge in [0.05, 0.1) is 6.07 Å². The molecule has 1 aliphatic carbocycles. The van der Waals surface area contributed by atoms with Gasteiger partial charge in [-0.25, -0.2) is 0 Å². The van der Waals surface area contributed by atoms with E-state index in [-0.39, 0.29) is 5.91 Å². The largest absolute Gasteiger partial charge is 0.340 e. The van der Waals surface area contributed by atoms with Crippen LogP contribution in [0.4, 0.5) is 0 Å². The number of hydrogen-bond donors (Lipinski definition) is 0. The monoisotopic (exact) mass is 306 g/mol. The zero-order chi connectivity index (χ0) is 13.2. The lowest BCUT2D eigenvalue weighted by atomic mass is 9.69. The third-order valence-corrected chi connectivity index (χ3v) is 3.98. The molecule has 0 aromatic heterocycles. The molecule has 94 valence electrons. The van der Waals surface area contributed by atoms with Crippen molar-refractivity contribution in [3.05, 3.63) is 34.3 Å². The maximum Gasteiger partial charge on any atom is 0.243 e. The fourth-order valence-electron chi connectivity index (χ4n) is 2.25. The SMILES string of the molecule is CN(Cc1cccc(Br)c1)C(=O)C1(C#N)CCC1. The molecule has 0 aliphatic heterocycles. The summed E-state index contributed by atoms with van der Waals surface area (Å²) in [6, 6.07) is 10.1. The van der Waals surface area contributed by atoms with Crippen LogP contribution >= 0.6 is 15.9 Å². The Morgan fingerprint density at radius 3 is 2.78 bits per heavy atom. The fraction of sp³-hybridized carbons (Fsp3) is 0.429. The van der Waals surface area contributed by atoms with Crippen LogP contribution < -0.4 is 0 Å². The first-order chi connectivity index (χ1) is 8.57. The highest BCUT2D eigenvalue weighted by atomic mass is 79.9. The number of carbonyl (C=O) groups is 1. The van der Waals surface area contributed by atoms with E-state index >= 15 is 0 Å². The summed E-state index contributed by atoms with van der Waals surface area (Å²) < 4.78 is 1.000. The van der Waals surface area contributed by atoms with E-state index in [1.54, 1.807) is 11.9 Å². The van der Waals surface area contributed by atoms with E-state index in [1.165, 1.54) is 0 Å². The van der Waals surface area contributed by atoms with Gasteiger partial charge in [-0.05, 0) is 37.0 Å². The second kappa shape index (κ2) is 5.11. The van der Waals surface area contributed by atoms with Crippen LogP contribution in [0.1, 0.15) is 24.8 Å². The molecule has 3 nitrogen and oxygen atoms in total. The van der Waals surface area contributed by atoms with Gasteiger partial charge in [-0.2, -0.15) is 5.26 Å². The molecule has 0 heterocycles. The Kier molecular flexibility index (Phi) is 3.72. The Morgan fingerprint density at radius 1 is 1.56 bits per heavy atom. The van der Waals surface area contributed by atoms with E-state index in [4.69, 9.17) is 5.26 Å². The second-order valence-corrected chi connectivity index (χ2v) is 5.75. The van der Waals surface area contributed by atoms with Crippen LogP contribution in [0.5, 0.6) is 0 Å². The molecular formula is C14H15BrN2O. The smallest absolute Gasteiger partial charge is 0.243 e. The van der Waals surface area contributed by atoms with Crippen molar-refractivity contribution in [2.45, 2.75) is 25.8 Å².